The van der Waals surface area contributed by atoms with E-state index in [1.807, 2.05) is 0 Å². The van der Waals surface area contributed by atoms with Gasteiger partial charge in [0, 0.05) is 30.7 Å². The molecule has 0 saturated carbocycles. The van der Waals surface area contributed by atoms with Gasteiger partial charge in [-0.15, -0.1) is 0 Å². The molecule has 154 valence electrons. The van der Waals surface area contributed by atoms with Crippen LogP contribution in [0.15, 0.2) is 78.1 Å². The lowest BCUT2D eigenvalue weighted by molar-refractivity contribution is -0.119. The largest absolute Gasteiger partial charge is 0.437 e. The van der Waals surface area contributed by atoms with Crippen LogP contribution >= 0.6 is 0 Å². The molecule has 4 rings (SSSR count). The van der Waals surface area contributed by atoms with Crippen molar-refractivity contribution in [2.45, 2.75) is 23.8 Å². The molecule has 1 amide bonds. The van der Waals surface area contributed by atoms with Crippen LogP contribution in [-0.4, -0.2) is 41.2 Å². The molecule has 0 aliphatic carbocycles. The van der Waals surface area contributed by atoms with Gasteiger partial charge in [0.1, 0.15) is 11.8 Å². The van der Waals surface area contributed by atoms with E-state index >= 15 is 0 Å². The average molecular weight is 424 g/mol. The maximum absolute atomic E-state index is 13.0. The van der Waals surface area contributed by atoms with Gasteiger partial charge in [-0.1, -0.05) is 24.3 Å². The number of amides is 1. The van der Waals surface area contributed by atoms with Crippen LogP contribution in [0.2, 0.25) is 0 Å². The van der Waals surface area contributed by atoms with E-state index in [-0.39, 0.29) is 10.8 Å². The molecular weight excluding hydrogens is 404 g/mol. The Bertz CT molecular complexity index is 1120. The van der Waals surface area contributed by atoms with Crippen LogP contribution in [-0.2, 0) is 14.8 Å². The van der Waals surface area contributed by atoms with Crippen LogP contribution in [0.4, 0.5) is 5.69 Å². The van der Waals surface area contributed by atoms with Crippen LogP contribution in [0.25, 0.3) is 0 Å². The third-order valence-corrected chi connectivity index (χ3v) is 6.64. The molecule has 2 heterocycles. The Labute approximate surface area is 174 Å². The number of hydrogen-bond acceptors (Lipinski definition) is 6. The van der Waals surface area contributed by atoms with Crippen molar-refractivity contribution in [3.8, 4) is 11.6 Å². The molecule has 1 aliphatic rings. The van der Waals surface area contributed by atoms with E-state index in [2.05, 4.69) is 15.3 Å². The highest BCUT2D eigenvalue weighted by atomic mass is 32.2. The third kappa shape index (κ3) is 4.32. The number of aromatic nitrogens is 2. The van der Waals surface area contributed by atoms with Crippen molar-refractivity contribution in [1.29, 1.82) is 0 Å². The van der Waals surface area contributed by atoms with Crippen molar-refractivity contribution in [2.75, 3.05) is 11.9 Å². The summed E-state index contributed by atoms with van der Waals surface area (Å²) in [5, 5.41) is 2.80. The van der Waals surface area contributed by atoms with E-state index in [0.29, 0.717) is 36.7 Å². The average Bonchev–Trinajstić information content (AvgIpc) is 3.27. The Morgan fingerprint density at radius 2 is 1.93 bits per heavy atom. The number of anilines is 1. The summed E-state index contributed by atoms with van der Waals surface area (Å²) in [5.74, 6) is 0.439. The molecule has 8 nitrogen and oxygen atoms in total. The Kier molecular flexibility index (Phi) is 5.73. The zero-order valence-corrected chi connectivity index (χ0v) is 16.8. The summed E-state index contributed by atoms with van der Waals surface area (Å²) in [4.78, 5) is 21.1. The van der Waals surface area contributed by atoms with Gasteiger partial charge in [-0.05, 0) is 37.1 Å². The van der Waals surface area contributed by atoms with Crippen LogP contribution in [0.3, 0.4) is 0 Å². The summed E-state index contributed by atoms with van der Waals surface area (Å²) in [7, 11) is -3.74. The Morgan fingerprint density at radius 1 is 1.10 bits per heavy atom. The van der Waals surface area contributed by atoms with Gasteiger partial charge < -0.3 is 10.1 Å². The van der Waals surface area contributed by atoms with Gasteiger partial charge in [-0.2, -0.15) is 4.31 Å². The number of nitrogens with zero attached hydrogens (tertiary/aromatic N) is 3. The molecule has 1 unspecified atom stereocenters. The normalized spacial score (nSPS) is 16.9. The van der Waals surface area contributed by atoms with Gasteiger partial charge in [0.15, 0.2) is 0 Å². The van der Waals surface area contributed by atoms with Crippen LogP contribution in [0.1, 0.15) is 12.8 Å². The lowest BCUT2D eigenvalue weighted by Crippen LogP contribution is -2.43. The van der Waals surface area contributed by atoms with Crippen molar-refractivity contribution in [3.63, 3.8) is 0 Å². The number of rotatable bonds is 6. The number of carbonyl (C=O) groups is 1. The Morgan fingerprint density at radius 3 is 2.70 bits per heavy atom. The molecule has 30 heavy (non-hydrogen) atoms. The summed E-state index contributed by atoms with van der Waals surface area (Å²) >= 11 is 0. The minimum absolute atomic E-state index is 0.184. The molecule has 0 radical (unpaired) electrons. The molecular formula is C21H20N4O4S. The minimum atomic E-state index is -3.74. The molecule has 1 saturated heterocycles. The van der Waals surface area contributed by atoms with Crippen molar-refractivity contribution >= 4 is 21.6 Å². The maximum atomic E-state index is 13.0. The predicted octanol–water partition coefficient (Wildman–Crippen LogP) is 3.06. The highest BCUT2D eigenvalue weighted by Gasteiger charge is 2.39. The SMILES string of the molecule is O=C(Nc1cccc(Oc2cnccn2)c1)C1CCCN1S(=O)(=O)c1ccccc1. The van der Waals surface area contributed by atoms with E-state index in [1.165, 1.54) is 28.8 Å². The van der Waals surface area contributed by atoms with E-state index in [1.54, 1.807) is 48.7 Å². The lowest BCUT2D eigenvalue weighted by atomic mass is 10.2. The summed E-state index contributed by atoms with van der Waals surface area (Å²) in [6.45, 7) is 0.311. The zero-order chi connectivity index (χ0) is 21.0. The first-order chi connectivity index (χ1) is 14.5. The van der Waals surface area contributed by atoms with E-state index in [9.17, 15) is 13.2 Å². The van der Waals surface area contributed by atoms with Crippen LogP contribution < -0.4 is 10.1 Å². The Hall–Kier alpha value is -3.30. The van der Waals surface area contributed by atoms with E-state index in [0.717, 1.165) is 0 Å². The molecule has 0 spiro atoms. The van der Waals surface area contributed by atoms with Crippen LogP contribution in [0, 0.1) is 0 Å². The molecule has 1 aromatic heterocycles. The first-order valence-corrected chi connectivity index (χ1v) is 10.9. The second-order valence-electron chi connectivity index (χ2n) is 6.75. The third-order valence-electron chi connectivity index (χ3n) is 4.72. The highest BCUT2D eigenvalue weighted by Crippen LogP contribution is 2.28. The van der Waals surface area contributed by atoms with Crippen LogP contribution in [0.5, 0.6) is 11.6 Å². The number of hydrogen-bond donors (Lipinski definition) is 1. The number of benzene rings is 2. The smallest absolute Gasteiger partial charge is 0.243 e. The van der Waals surface area contributed by atoms with E-state index < -0.39 is 16.1 Å². The summed E-state index contributed by atoms with van der Waals surface area (Å²) in [6, 6.07) is 14.2. The van der Waals surface area contributed by atoms with Gasteiger partial charge in [0.25, 0.3) is 0 Å². The molecule has 3 aromatic rings. The summed E-state index contributed by atoms with van der Waals surface area (Å²) < 4.78 is 32.8. The predicted molar refractivity (Wildman–Crippen MR) is 111 cm³/mol. The van der Waals surface area contributed by atoms with Crippen molar-refractivity contribution in [1.82, 2.24) is 14.3 Å². The fourth-order valence-electron chi connectivity index (χ4n) is 3.34. The Balaban J connectivity index is 1.49. The lowest BCUT2D eigenvalue weighted by Gasteiger charge is -2.23. The van der Waals surface area contributed by atoms with Crippen molar-refractivity contribution in [3.05, 3.63) is 73.2 Å². The molecule has 1 aliphatic heterocycles. The number of carbonyl (C=O) groups excluding carboxylic acids is 1. The fraction of sp³-hybridized carbons (Fsp3) is 0.190. The fourth-order valence-corrected chi connectivity index (χ4v) is 5.02. The number of nitrogens with one attached hydrogen (secondary N) is 1. The molecule has 1 atom stereocenters. The first kappa shape index (κ1) is 20.0. The summed E-state index contributed by atoms with van der Waals surface area (Å²) in [5.41, 5.74) is 0.505. The van der Waals surface area contributed by atoms with Gasteiger partial charge in [-0.25, -0.2) is 13.4 Å². The topological polar surface area (TPSA) is 101 Å². The molecule has 9 heteroatoms. The first-order valence-electron chi connectivity index (χ1n) is 9.46. The summed E-state index contributed by atoms with van der Waals surface area (Å²) in [6.07, 6.45) is 5.63. The number of ether oxygens (including phenoxy) is 1. The quantitative estimate of drug-likeness (QED) is 0.653. The monoisotopic (exact) mass is 424 g/mol. The highest BCUT2D eigenvalue weighted by molar-refractivity contribution is 7.89. The minimum Gasteiger partial charge on any atom is -0.437 e. The standard InChI is InChI=1S/C21H20N4O4S/c26-21(19-10-5-13-25(19)30(27,28)18-8-2-1-3-9-18)24-16-6-4-7-17(14-16)29-20-15-22-11-12-23-20/h1-4,6-9,11-12,14-15,19H,5,10,13H2,(H,24,26). The molecule has 2 aromatic carbocycles. The van der Waals surface area contributed by atoms with Crippen molar-refractivity contribution in [2.24, 2.45) is 0 Å². The molecule has 0 bridgehead atoms. The molecule has 1 fully saturated rings. The van der Waals surface area contributed by atoms with Crippen molar-refractivity contribution < 1.29 is 17.9 Å². The van der Waals surface area contributed by atoms with Gasteiger partial charge >= 0.3 is 0 Å². The van der Waals surface area contributed by atoms with Gasteiger partial charge in [0.05, 0.1) is 11.1 Å². The van der Waals surface area contributed by atoms with Gasteiger partial charge in [0.2, 0.25) is 21.8 Å². The number of sulfonamides is 1. The second-order valence-corrected chi connectivity index (χ2v) is 8.64. The van der Waals surface area contributed by atoms with E-state index in [4.69, 9.17) is 4.74 Å². The van der Waals surface area contributed by atoms with Gasteiger partial charge in [-0.3, -0.25) is 9.78 Å². The molecule has 1 N–H and O–H groups in total. The zero-order valence-electron chi connectivity index (χ0n) is 16.0. The maximum Gasteiger partial charge on any atom is 0.243 e. The second kappa shape index (κ2) is 8.60.